The summed E-state index contributed by atoms with van der Waals surface area (Å²) in [6.07, 6.45) is 1.93. The van der Waals surface area contributed by atoms with Crippen molar-refractivity contribution in [3.63, 3.8) is 0 Å². The second kappa shape index (κ2) is 10.3. The molecule has 0 spiro atoms. The van der Waals surface area contributed by atoms with Gasteiger partial charge in [0.15, 0.2) is 0 Å². The molecule has 4 nitrogen and oxygen atoms in total. The van der Waals surface area contributed by atoms with Crippen molar-refractivity contribution in [1.29, 1.82) is 0 Å². The number of carbonyl (C=O) groups is 2. The Bertz CT molecular complexity index is 565. The fraction of sp³-hybridized carbons (Fsp3) is 0.636. The van der Waals surface area contributed by atoms with Crippen LogP contribution in [0.15, 0.2) is 24.3 Å². The smallest absolute Gasteiger partial charge is 0.312 e. The van der Waals surface area contributed by atoms with Crippen LogP contribution in [0.5, 0.6) is 5.75 Å². The first-order valence-corrected chi connectivity index (χ1v) is 9.34. The molecule has 0 amide bonds. The van der Waals surface area contributed by atoms with Crippen LogP contribution in [0.4, 0.5) is 0 Å². The lowest BCUT2D eigenvalue weighted by Crippen LogP contribution is -2.33. The number of hydrogen-bond donors (Lipinski definition) is 0. The predicted molar refractivity (Wildman–Crippen MR) is 106 cm³/mol. The van der Waals surface area contributed by atoms with Gasteiger partial charge in [-0.25, -0.2) is 0 Å². The second-order valence-corrected chi connectivity index (χ2v) is 8.21. The third-order valence-electron chi connectivity index (χ3n) is 4.16. The molecule has 0 aromatic heterocycles. The van der Waals surface area contributed by atoms with Gasteiger partial charge in [0.1, 0.15) is 11.4 Å². The Morgan fingerprint density at radius 2 is 1.50 bits per heavy atom. The summed E-state index contributed by atoms with van der Waals surface area (Å²) in [7, 11) is 0. The van der Waals surface area contributed by atoms with E-state index in [0.717, 1.165) is 12.8 Å². The molecule has 0 bridgehead atoms. The minimum absolute atomic E-state index is 0.113. The van der Waals surface area contributed by atoms with Crippen molar-refractivity contribution in [2.45, 2.75) is 86.7 Å². The lowest BCUT2D eigenvalue weighted by atomic mass is 9.90. The molecule has 4 heteroatoms. The predicted octanol–water partition coefficient (Wildman–Crippen LogP) is 5.89. The summed E-state index contributed by atoms with van der Waals surface area (Å²) in [4.78, 5) is 22.2. The topological polar surface area (TPSA) is 52.6 Å². The largest absolute Gasteiger partial charge is 0.460 e. The Hall–Kier alpha value is -1.84. The van der Waals surface area contributed by atoms with E-state index in [2.05, 4.69) is 13.8 Å². The molecule has 0 aliphatic rings. The van der Waals surface area contributed by atoms with Gasteiger partial charge >= 0.3 is 11.9 Å². The van der Waals surface area contributed by atoms with Crippen molar-refractivity contribution in [1.82, 2.24) is 0 Å². The van der Waals surface area contributed by atoms with E-state index in [0.29, 0.717) is 11.7 Å². The number of benzene rings is 1. The fourth-order valence-electron chi connectivity index (χ4n) is 1.83. The molecule has 0 saturated heterocycles. The average molecular weight is 365 g/mol. The van der Waals surface area contributed by atoms with E-state index < -0.39 is 0 Å². The van der Waals surface area contributed by atoms with E-state index in [4.69, 9.17) is 9.47 Å². The summed E-state index contributed by atoms with van der Waals surface area (Å²) in [5.74, 6) is 0.782. The fourth-order valence-corrected chi connectivity index (χ4v) is 1.83. The number of carbonyl (C=O) groups excluding carboxylic acids is 2. The third kappa shape index (κ3) is 9.59. The van der Waals surface area contributed by atoms with Crippen LogP contribution < -0.4 is 4.74 Å². The van der Waals surface area contributed by atoms with Gasteiger partial charge in [-0.2, -0.15) is 0 Å². The van der Waals surface area contributed by atoms with Crippen molar-refractivity contribution in [2.24, 2.45) is 5.41 Å². The molecule has 1 aromatic carbocycles. The molecular formula is C22H36O4. The third-order valence-corrected chi connectivity index (χ3v) is 4.16. The molecule has 148 valence electrons. The number of rotatable bonds is 5. The summed E-state index contributed by atoms with van der Waals surface area (Å²) in [6, 6.07) is 7.69. The molecule has 0 aliphatic carbocycles. The maximum Gasteiger partial charge on any atom is 0.312 e. The van der Waals surface area contributed by atoms with Gasteiger partial charge in [-0.15, -0.1) is 0 Å². The van der Waals surface area contributed by atoms with E-state index in [1.165, 1.54) is 12.5 Å². The Morgan fingerprint density at radius 1 is 1.00 bits per heavy atom. The minimum Gasteiger partial charge on any atom is -0.460 e. The zero-order valence-corrected chi connectivity index (χ0v) is 17.9. The first-order chi connectivity index (χ1) is 11.8. The zero-order valence-electron chi connectivity index (χ0n) is 17.9. The molecule has 1 aromatic rings. The van der Waals surface area contributed by atoms with Crippen LogP contribution in [0.25, 0.3) is 0 Å². The number of esters is 2. The van der Waals surface area contributed by atoms with Crippen molar-refractivity contribution < 1.29 is 19.1 Å². The van der Waals surface area contributed by atoms with Crippen molar-refractivity contribution in [3.8, 4) is 5.75 Å². The van der Waals surface area contributed by atoms with Crippen LogP contribution in [0.3, 0.4) is 0 Å². The van der Waals surface area contributed by atoms with Crippen LogP contribution in [0.1, 0.15) is 86.6 Å². The quantitative estimate of drug-likeness (QED) is 0.483. The Kier molecular flexibility index (Phi) is 9.61. The highest BCUT2D eigenvalue weighted by atomic mass is 16.6. The van der Waals surface area contributed by atoms with E-state index in [-0.39, 0.29) is 23.0 Å². The van der Waals surface area contributed by atoms with Gasteiger partial charge in [0.05, 0.1) is 5.41 Å². The van der Waals surface area contributed by atoms with Gasteiger partial charge in [0, 0.05) is 6.92 Å². The molecule has 1 rings (SSSR count). The highest BCUT2D eigenvalue weighted by molar-refractivity contribution is 5.76. The molecule has 0 heterocycles. The monoisotopic (exact) mass is 364 g/mol. The first kappa shape index (κ1) is 24.2. The summed E-state index contributed by atoms with van der Waals surface area (Å²) in [6.45, 7) is 17.2. The van der Waals surface area contributed by atoms with Gasteiger partial charge in [-0.05, 0) is 71.1 Å². The second-order valence-electron chi connectivity index (χ2n) is 8.21. The zero-order chi connectivity index (χ0) is 20.5. The van der Waals surface area contributed by atoms with Gasteiger partial charge in [-0.3, -0.25) is 9.59 Å². The van der Waals surface area contributed by atoms with Crippen LogP contribution in [0.2, 0.25) is 0 Å². The molecule has 1 atom stereocenters. The molecular weight excluding hydrogens is 328 g/mol. The lowest BCUT2D eigenvalue weighted by Gasteiger charge is -2.27. The Morgan fingerprint density at radius 3 is 1.85 bits per heavy atom. The van der Waals surface area contributed by atoms with Crippen LogP contribution in [0, 0.1) is 5.41 Å². The van der Waals surface area contributed by atoms with Gasteiger partial charge in [0.25, 0.3) is 0 Å². The molecule has 1 unspecified atom stereocenters. The molecule has 0 saturated carbocycles. The van der Waals surface area contributed by atoms with Gasteiger partial charge < -0.3 is 9.47 Å². The maximum absolute atomic E-state index is 11.5. The highest BCUT2D eigenvalue weighted by Crippen LogP contribution is 2.24. The standard InChI is InChI=1S/C12H16O2.C10H20O2/c1-4-9(2)11-5-7-12(8-6-11)14-10(3)13;1-7-10(5,6)8(11)12-9(2,3)4/h5-9H,4H2,1-3H3;7H2,1-6H3. The molecule has 0 fully saturated rings. The van der Waals surface area contributed by atoms with Crippen LogP contribution in [-0.4, -0.2) is 17.5 Å². The Labute approximate surface area is 159 Å². The SMILES string of the molecule is CCC(C)(C)C(=O)OC(C)(C)C.CCC(C)c1ccc(OC(C)=O)cc1. The molecule has 0 radical (unpaired) electrons. The van der Waals surface area contributed by atoms with Crippen LogP contribution >= 0.6 is 0 Å². The summed E-state index contributed by atoms with van der Waals surface area (Å²) >= 11 is 0. The normalized spacial score (nSPS) is 12.5. The lowest BCUT2D eigenvalue weighted by molar-refractivity contribution is -0.165. The van der Waals surface area contributed by atoms with Crippen molar-refractivity contribution >= 4 is 11.9 Å². The molecule has 26 heavy (non-hydrogen) atoms. The molecule has 0 N–H and O–H groups in total. The van der Waals surface area contributed by atoms with E-state index in [1.807, 2.05) is 65.8 Å². The summed E-state index contributed by atoms with van der Waals surface area (Å²) in [5.41, 5.74) is 0.556. The summed E-state index contributed by atoms with van der Waals surface area (Å²) in [5, 5.41) is 0. The Balaban J connectivity index is 0.000000488. The summed E-state index contributed by atoms with van der Waals surface area (Å²) < 4.78 is 10.2. The highest BCUT2D eigenvalue weighted by Gasteiger charge is 2.30. The molecule has 0 aliphatic heterocycles. The van der Waals surface area contributed by atoms with Gasteiger partial charge in [-0.1, -0.05) is 32.9 Å². The van der Waals surface area contributed by atoms with E-state index in [9.17, 15) is 9.59 Å². The minimum atomic E-state index is -0.372. The maximum atomic E-state index is 11.5. The van der Waals surface area contributed by atoms with E-state index in [1.54, 1.807) is 0 Å². The number of hydrogen-bond acceptors (Lipinski definition) is 4. The number of ether oxygens (including phenoxy) is 2. The van der Waals surface area contributed by atoms with Crippen LogP contribution in [-0.2, 0) is 14.3 Å². The average Bonchev–Trinajstić information content (AvgIpc) is 2.53. The van der Waals surface area contributed by atoms with Crippen molar-refractivity contribution in [3.05, 3.63) is 29.8 Å². The van der Waals surface area contributed by atoms with Gasteiger partial charge in [0.2, 0.25) is 0 Å². The van der Waals surface area contributed by atoms with E-state index >= 15 is 0 Å². The van der Waals surface area contributed by atoms with Crippen molar-refractivity contribution in [2.75, 3.05) is 0 Å². The first-order valence-electron chi connectivity index (χ1n) is 9.34.